The van der Waals surface area contributed by atoms with E-state index in [-0.39, 0.29) is 17.5 Å². The van der Waals surface area contributed by atoms with Crippen molar-refractivity contribution in [2.45, 2.75) is 26.3 Å². The van der Waals surface area contributed by atoms with Gasteiger partial charge in [-0.05, 0) is 43.8 Å². The van der Waals surface area contributed by atoms with Gasteiger partial charge in [0.15, 0.2) is 4.77 Å². The van der Waals surface area contributed by atoms with E-state index in [0.717, 1.165) is 6.42 Å². The lowest BCUT2D eigenvalue weighted by Gasteiger charge is -2.14. The Bertz CT molecular complexity index is 1060. The molecule has 3 rings (SSSR count). The highest BCUT2D eigenvalue weighted by Gasteiger charge is 2.14. The summed E-state index contributed by atoms with van der Waals surface area (Å²) in [6, 6.07) is 6.82. The van der Waals surface area contributed by atoms with Crippen LogP contribution in [0.4, 0.5) is 5.82 Å². The topological polar surface area (TPSA) is 84.7 Å². The minimum absolute atomic E-state index is 0.182. The quantitative estimate of drug-likeness (QED) is 0.703. The first-order valence-corrected chi connectivity index (χ1v) is 8.41. The minimum atomic E-state index is -0.271. The smallest absolute Gasteiger partial charge is 0.261 e. The van der Waals surface area contributed by atoms with Gasteiger partial charge in [0, 0.05) is 18.7 Å². The number of nitrogens with zero attached hydrogens (tertiary/aromatic N) is 3. The molecule has 130 valence electrons. The predicted octanol–water partition coefficient (Wildman–Crippen LogP) is 3.02. The Morgan fingerprint density at radius 2 is 2.16 bits per heavy atom. The number of rotatable bonds is 4. The van der Waals surface area contributed by atoms with E-state index in [1.54, 1.807) is 42.2 Å². The van der Waals surface area contributed by atoms with E-state index in [1.807, 2.05) is 6.92 Å². The van der Waals surface area contributed by atoms with Crippen molar-refractivity contribution in [3.8, 4) is 0 Å². The van der Waals surface area contributed by atoms with Crippen molar-refractivity contribution in [2.24, 2.45) is 7.05 Å². The molecular formula is C17H19N5O2S. The van der Waals surface area contributed by atoms with Crippen LogP contribution in [0.1, 0.15) is 36.7 Å². The predicted molar refractivity (Wildman–Crippen MR) is 99.6 cm³/mol. The standard InChI is InChI=1S/C17H19N5O2S/c1-4-10(2)22-14(7-8-18-22)20-15(23)11-5-6-12-13(9-11)19-17(25)21(3)16(12)24/h5-10H,4H2,1-3H3,(H,19,25)(H,20,23). The lowest BCUT2D eigenvalue weighted by Crippen LogP contribution is -2.20. The van der Waals surface area contributed by atoms with Crippen LogP contribution in [0.5, 0.6) is 0 Å². The molecule has 2 aromatic heterocycles. The largest absolute Gasteiger partial charge is 0.332 e. The minimum Gasteiger partial charge on any atom is -0.332 e. The molecule has 0 radical (unpaired) electrons. The number of aromatic amines is 1. The Morgan fingerprint density at radius 1 is 1.40 bits per heavy atom. The number of H-pyrrole nitrogens is 1. The molecule has 0 bridgehead atoms. The van der Waals surface area contributed by atoms with E-state index < -0.39 is 0 Å². The molecule has 2 N–H and O–H groups in total. The molecule has 1 atom stereocenters. The number of hydrogen-bond acceptors (Lipinski definition) is 4. The molecule has 3 aromatic rings. The zero-order chi connectivity index (χ0) is 18.1. The van der Waals surface area contributed by atoms with Gasteiger partial charge in [-0.15, -0.1) is 0 Å². The van der Waals surface area contributed by atoms with E-state index in [9.17, 15) is 9.59 Å². The number of amides is 1. The molecule has 1 aromatic carbocycles. The van der Waals surface area contributed by atoms with Crippen molar-refractivity contribution in [3.63, 3.8) is 0 Å². The van der Waals surface area contributed by atoms with Crippen LogP contribution in [0, 0.1) is 4.77 Å². The average Bonchev–Trinajstić information content (AvgIpc) is 3.06. The molecule has 0 aliphatic heterocycles. The lowest BCUT2D eigenvalue weighted by molar-refractivity contribution is 0.102. The normalized spacial score (nSPS) is 12.3. The van der Waals surface area contributed by atoms with Gasteiger partial charge >= 0.3 is 0 Å². The third-order valence-electron chi connectivity index (χ3n) is 4.28. The van der Waals surface area contributed by atoms with Gasteiger partial charge in [-0.1, -0.05) is 6.92 Å². The van der Waals surface area contributed by atoms with Gasteiger partial charge in [0.05, 0.1) is 23.1 Å². The first kappa shape index (κ1) is 17.1. The van der Waals surface area contributed by atoms with Crippen LogP contribution in [-0.2, 0) is 7.05 Å². The number of fused-ring (bicyclic) bond motifs is 1. The highest BCUT2D eigenvalue weighted by molar-refractivity contribution is 7.71. The van der Waals surface area contributed by atoms with Crippen LogP contribution in [0.25, 0.3) is 10.9 Å². The summed E-state index contributed by atoms with van der Waals surface area (Å²) in [7, 11) is 1.61. The highest BCUT2D eigenvalue weighted by Crippen LogP contribution is 2.18. The fraction of sp³-hybridized carbons (Fsp3) is 0.294. The monoisotopic (exact) mass is 357 g/mol. The van der Waals surface area contributed by atoms with Crippen molar-refractivity contribution in [1.29, 1.82) is 0 Å². The summed E-state index contributed by atoms with van der Waals surface area (Å²) in [5.41, 5.74) is 0.778. The molecule has 1 amide bonds. The Morgan fingerprint density at radius 3 is 2.88 bits per heavy atom. The van der Waals surface area contributed by atoms with E-state index in [2.05, 4.69) is 22.3 Å². The number of anilines is 1. The van der Waals surface area contributed by atoms with Crippen LogP contribution < -0.4 is 10.9 Å². The number of benzene rings is 1. The maximum Gasteiger partial charge on any atom is 0.261 e. The SMILES string of the molecule is CCC(C)n1nccc1NC(=O)c1ccc2c(=O)n(C)c(=S)[nH]c2c1. The van der Waals surface area contributed by atoms with E-state index in [1.165, 1.54) is 4.57 Å². The maximum absolute atomic E-state index is 12.6. The summed E-state index contributed by atoms with van der Waals surface area (Å²) < 4.78 is 3.45. The number of carbonyl (C=O) groups excluding carboxylic acids is 1. The van der Waals surface area contributed by atoms with Crippen molar-refractivity contribution < 1.29 is 4.79 Å². The van der Waals surface area contributed by atoms with Gasteiger partial charge < -0.3 is 10.3 Å². The Labute approximate surface area is 149 Å². The van der Waals surface area contributed by atoms with Gasteiger partial charge in [-0.3, -0.25) is 14.2 Å². The number of carbonyl (C=O) groups is 1. The number of aromatic nitrogens is 4. The second-order valence-corrected chi connectivity index (χ2v) is 6.31. The van der Waals surface area contributed by atoms with Crippen LogP contribution in [0.2, 0.25) is 0 Å². The Hall–Kier alpha value is -2.74. The van der Waals surface area contributed by atoms with Gasteiger partial charge in [0.2, 0.25) is 0 Å². The first-order chi connectivity index (χ1) is 11.9. The van der Waals surface area contributed by atoms with E-state index in [0.29, 0.717) is 27.1 Å². The highest BCUT2D eigenvalue weighted by atomic mass is 32.1. The van der Waals surface area contributed by atoms with Crippen LogP contribution in [0.3, 0.4) is 0 Å². The fourth-order valence-corrected chi connectivity index (χ4v) is 2.77. The zero-order valence-corrected chi connectivity index (χ0v) is 15.1. The summed E-state index contributed by atoms with van der Waals surface area (Å²) in [6.07, 6.45) is 2.56. The van der Waals surface area contributed by atoms with Crippen molar-refractivity contribution >= 4 is 34.8 Å². The number of nitrogens with one attached hydrogen (secondary N) is 2. The number of hydrogen-bond donors (Lipinski definition) is 2. The summed E-state index contributed by atoms with van der Waals surface area (Å²) in [5.74, 6) is 0.364. The van der Waals surface area contributed by atoms with Gasteiger partial charge in [-0.2, -0.15) is 5.10 Å². The maximum atomic E-state index is 12.6. The molecular weight excluding hydrogens is 338 g/mol. The zero-order valence-electron chi connectivity index (χ0n) is 14.2. The molecule has 7 nitrogen and oxygen atoms in total. The first-order valence-electron chi connectivity index (χ1n) is 8.00. The van der Waals surface area contributed by atoms with Crippen molar-refractivity contribution in [2.75, 3.05) is 5.32 Å². The summed E-state index contributed by atoms with van der Waals surface area (Å²) in [6.45, 7) is 4.10. The van der Waals surface area contributed by atoms with Crippen LogP contribution >= 0.6 is 12.2 Å². The lowest BCUT2D eigenvalue weighted by atomic mass is 10.1. The van der Waals surface area contributed by atoms with Crippen molar-refractivity contribution in [3.05, 3.63) is 51.2 Å². The van der Waals surface area contributed by atoms with Crippen LogP contribution in [0.15, 0.2) is 35.3 Å². The Kier molecular flexibility index (Phi) is 4.54. The summed E-state index contributed by atoms with van der Waals surface area (Å²) in [4.78, 5) is 27.8. The molecule has 0 aliphatic carbocycles. The molecule has 0 aliphatic rings. The third kappa shape index (κ3) is 3.12. The second-order valence-electron chi connectivity index (χ2n) is 5.93. The molecule has 0 saturated carbocycles. The third-order valence-corrected chi connectivity index (χ3v) is 4.66. The molecule has 8 heteroatoms. The van der Waals surface area contributed by atoms with Crippen LogP contribution in [-0.4, -0.2) is 25.2 Å². The Balaban J connectivity index is 1.96. The molecule has 2 heterocycles. The van der Waals surface area contributed by atoms with Gasteiger partial charge in [0.25, 0.3) is 11.5 Å². The molecule has 25 heavy (non-hydrogen) atoms. The van der Waals surface area contributed by atoms with Gasteiger partial charge in [0.1, 0.15) is 5.82 Å². The van der Waals surface area contributed by atoms with E-state index >= 15 is 0 Å². The van der Waals surface area contributed by atoms with Gasteiger partial charge in [-0.25, -0.2) is 4.68 Å². The summed E-state index contributed by atoms with van der Waals surface area (Å²) in [5, 5.41) is 7.60. The molecule has 0 fully saturated rings. The average molecular weight is 357 g/mol. The van der Waals surface area contributed by atoms with E-state index in [4.69, 9.17) is 12.2 Å². The van der Waals surface area contributed by atoms with Crippen molar-refractivity contribution in [1.82, 2.24) is 19.3 Å². The molecule has 1 unspecified atom stereocenters. The fourth-order valence-electron chi connectivity index (χ4n) is 2.57. The molecule has 0 spiro atoms. The summed E-state index contributed by atoms with van der Waals surface area (Å²) >= 11 is 5.12. The molecule has 0 saturated heterocycles. The second kappa shape index (κ2) is 6.64.